The SMILES string of the molecule is CC1CCC(C(C)C)C(OC(=O)C2(COC(=O)C(c3ccccc3)(c3ccccc3)c3ccccc3)CC2(C)C)C1. The van der Waals surface area contributed by atoms with Crippen molar-refractivity contribution in [1.29, 1.82) is 0 Å². The fourth-order valence-electron chi connectivity index (χ4n) is 7.08. The lowest BCUT2D eigenvalue weighted by Gasteiger charge is -2.38. The number of ether oxygens (including phenoxy) is 2. The van der Waals surface area contributed by atoms with E-state index >= 15 is 0 Å². The number of benzene rings is 3. The largest absolute Gasteiger partial charge is 0.463 e. The molecular weight excluding hydrogens is 508 g/mol. The Morgan fingerprint density at radius 3 is 1.71 bits per heavy atom. The van der Waals surface area contributed by atoms with Crippen LogP contribution >= 0.6 is 0 Å². The van der Waals surface area contributed by atoms with Gasteiger partial charge >= 0.3 is 11.9 Å². The molecule has 0 N–H and O–H groups in total. The van der Waals surface area contributed by atoms with Gasteiger partial charge < -0.3 is 9.47 Å². The van der Waals surface area contributed by atoms with Crippen molar-refractivity contribution in [2.75, 3.05) is 6.61 Å². The van der Waals surface area contributed by atoms with Crippen LogP contribution in [-0.4, -0.2) is 24.6 Å². The Morgan fingerprint density at radius 1 is 0.829 bits per heavy atom. The maximum atomic E-state index is 14.6. The van der Waals surface area contributed by atoms with Crippen LogP contribution in [0.3, 0.4) is 0 Å². The molecule has 0 aromatic heterocycles. The van der Waals surface area contributed by atoms with Crippen LogP contribution in [0.4, 0.5) is 0 Å². The number of hydrogen-bond acceptors (Lipinski definition) is 4. The highest BCUT2D eigenvalue weighted by Gasteiger charge is 2.69. The molecule has 0 radical (unpaired) electrons. The van der Waals surface area contributed by atoms with Gasteiger partial charge in [0.15, 0.2) is 0 Å². The second kappa shape index (κ2) is 11.5. The van der Waals surface area contributed by atoms with E-state index in [1.54, 1.807) is 0 Å². The number of carbonyl (C=O) groups excluding carboxylic acids is 2. The summed E-state index contributed by atoms with van der Waals surface area (Å²) in [5.74, 6) is 0.738. The molecule has 2 fully saturated rings. The van der Waals surface area contributed by atoms with E-state index in [2.05, 4.69) is 34.6 Å². The van der Waals surface area contributed by atoms with Crippen LogP contribution < -0.4 is 0 Å². The third-order valence-corrected chi connectivity index (χ3v) is 9.90. The lowest BCUT2D eigenvalue weighted by atomic mass is 9.69. The van der Waals surface area contributed by atoms with Gasteiger partial charge in [0.2, 0.25) is 0 Å². The Balaban J connectivity index is 1.47. The Morgan fingerprint density at radius 2 is 1.29 bits per heavy atom. The fraction of sp³-hybridized carbons (Fsp3) is 0.459. The van der Waals surface area contributed by atoms with Crippen LogP contribution in [0.5, 0.6) is 0 Å². The average molecular weight is 553 g/mol. The molecule has 2 aliphatic rings. The molecule has 2 saturated carbocycles. The molecule has 4 heteroatoms. The van der Waals surface area contributed by atoms with Gasteiger partial charge in [-0.1, -0.05) is 132 Å². The van der Waals surface area contributed by atoms with Gasteiger partial charge in [0.05, 0.1) is 0 Å². The second-order valence-electron chi connectivity index (χ2n) is 13.3. The highest BCUT2D eigenvalue weighted by atomic mass is 16.6. The number of esters is 2. The Bertz CT molecular complexity index is 1230. The summed E-state index contributed by atoms with van der Waals surface area (Å²) in [6.45, 7) is 10.8. The second-order valence-corrected chi connectivity index (χ2v) is 13.3. The van der Waals surface area contributed by atoms with Gasteiger partial charge in [-0.15, -0.1) is 0 Å². The van der Waals surface area contributed by atoms with E-state index in [0.717, 1.165) is 29.5 Å². The normalized spacial score (nSPS) is 25.4. The van der Waals surface area contributed by atoms with E-state index in [-0.39, 0.29) is 30.1 Å². The predicted molar refractivity (Wildman–Crippen MR) is 162 cm³/mol. The van der Waals surface area contributed by atoms with Crippen LogP contribution in [0.15, 0.2) is 91.0 Å². The molecule has 0 spiro atoms. The van der Waals surface area contributed by atoms with Gasteiger partial charge in [-0.25, -0.2) is 0 Å². The summed E-state index contributed by atoms with van der Waals surface area (Å²) in [5, 5.41) is 0. The molecule has 3 aromatic rings. The minimum absolute atomic E-state index is 0.000532. The van der Waals surface area contributed by atoms with Crippen LogP contribution in [0.1, 0.15) is 77.0 Å². The molecule has 2 aliphatic carbocycles. The van der Waals surface area contributed by atoms with Gasteiger partial charge in [-0.2, -0.15) is 0 Å². The molecule has 0 amide bonds. The molecule has 0 bridgehead atoms. The molecule has 216 valence electrons. The van der Waals surface area contributed by atoms with Crippen molar-refractivity contribution in [3.05, 3.63) is 108 Å². The van der Waals surface area contributed by atoms with Gasteiger partial charge in [0.25, 0.3) is 0 Å². The smallest absolute Gasteiger partial charge is 0.325 e. The highest BCUT2D eigenvalue weighted by Crippen LogP contribution is 2.64. The van der Waals surface area contributed by atoms with E-state index < -0.39 is 10.8 Å². The third kappa shape index (κ3) is 5.34. The summed E-state index contributed by atoms with van der Waals surface area (Å²) in [6.07, 6.45) is 3.69. The number of carbonyl (C=O) groups is 2. The van der Waals surface area contributed by atoms with Gasteiger partial charge in [0.1, 0.15) is 23.5 Å². The van der Waals surface area contributed by atoms with E-state index in [1.165, 1.54) is 6.42 Å². The van der Waals surface area contributed by atoms with Crippen LogP contribution in [-0.2, 0) is 24.5 Å². The van der Waals surface area contributed by atoms with Crippen molar-refractivity contribution in [3.8, 4) is 0 Å². The van der Waals surface area contributed by atoms with E-state index in [9.17, 15) is 9.59 Å². The summed E-state index contributed by atoms with van der Waals surface area (Å²) < 4.78 is 12.6. The fourth-order valence-corrected chi connectivity index (χ4v) is 7.08. The molecule has 3 aromatic carbocycles. The zero-order valence-corrected chi connectivity index (χ0v) is 25.1. The topological polar surface area (TPSA) is 52.6 Å². The molecule has 4 atom stereocenters. The van der Waals surface area contributed by atoms with Gasteiger partial charge in [-0.05, 0) is 59.1 Å². The first-order valence-corrected chi connectivity index (χ1v) is 15.2. The molecule has 0 aliphatic heterocycles. The van der Waals surface area contributed by atoms with Crippen molar-refractivity contribution >= 4 is 11.9 Å². The summed E-state index contributed by atoms with van der Waals surface area (Å²) >= 11 is 0. The van der Waals surface area contributed by atoms with Crippen molar-refractivity contribution in [2.45, 2.75) is 71.8 Å². The molecular formula is C37H44O4. The average Bonchev–Trinajstić information content (AvgIpc) is 3.55. The molecule has 4 nitrogen and oxygen atoms in total. The Labute approximate surface area is 245 Å². The quantitative estimate of drug-likeness (QED) is 0.199. The van der Waals surface area contributed by atoms with Gasteiger partial charge in [-0.3, -0.25) is 9.59 Å². The van der Waals surface area contributed by atoms with Crippen LogP contribution in [0.25, 0.3) is 0 Å². The van der Waals surface area contributed by atoms with E-state index in [4.69, 9.17) is 9.47 Å². The first kappa shape index (κ1) is 29.1. The van der Waals surface area contributed by atoms with Crippen molar-refractivity contribution < 1.29 is 19.1 Å². The zero-order valence-electron chi connectivity index (χ0n) is 25.1. The molecule has 0 heterocycles. The van der Waals surface area contributed by atoms with Crippen LogP contribution in [0, 0.1) is 28.6 Å². The summed E-state index contributed by atoms with van der Waals surface area (Å²) in [5.41, 5.74) is 0.128. The minimum atomic E-state index is -1.19. The lowest BCUT2D eigenvalue weighted by Crippen LogP contribution is -2.43. The molecule has 0 saturated heterocycles. The summed E-state index contributed by atoms with van der Waals surface area (Å²) in [4.78, 5) is 28.5. The molecule has 4 unspecified atom stereocenters. The summed E-state index contributed by atoms with van der Waals surface area (Å²) in [6, 6.07) is 29.4. The molecule has 5 rings (SSSR count). The van der Waals surface area contributed by atoms with Crippen molar-refractivity contribution in [1.82, 2.24) is 0 Å². The number of hydrogen-bond donors (Lipinski definition) is 0. The number of rotatable bonds is 9. The zero-order chi connectivity index (χ0) is 29.3. The third-order valence-electron chi connectivity index (χ3n) is 9.90. The van der Waals surface area contributed by atoms with E-state index in [0.29, 0.717) is 24.2 Å². The highest BCUT2D eigenvalue weighted by molar-refractivity contribution is 5.93. The first-order chi connectivity index (χ1) is 19.6. The van der Waals surface area contributed by atoms with E-state index in [1.807, 2.05) is 91.0 Å². The minimum Gasteiger partial charge on any atom is -0.463 e. The Kier molecular flexibility index (Phi) is 8.14. The maximum Gasteiger partial charge on any atom is 0.325 e. The summed E-state index contributed by atoms with van der Waals surface area (Å²) in [7, 11) is 0. The molecule has 41 heavy (non-hydrogen) atoms. The first-order valence-electron chi connectivity index (χ1n) is 15.2. The predicted octanol–water partition coefficient (Wildman–Crippen LogP) is 7.98. The maximum absolute atomic E-state index is 14.6. The Hall–Kier alpha value is -3.40. The monoisotopic (exact) mass is 552 g/mol. The van der Waals surface area contributed by atoms with Gasteiger partial charge in [0, 0.05) is 0 Å². The lowest BCUT2D eigenvalue weighted by molar-refractivity contribution is -0.169. The van der Waals surface area contributed by atoms with Crippen molar-refractivity contribution in [3.63, 3.8) is 0 Å². The van der Waals surface area contributed by atoms with Crippen LogP contribution in [0.2, 0.25) is 0 Å². The van der Waals surface area contributed by atoms with Crippen molar-refractivity contribution in [2.24, 2.45) is 28.6 Å². The standard InChI is InChI=1S/C37H44O4/c1-26(2)31-22-21-27(3)23-32(31)41-33(38)36(24-35(36,4)5)25-40-34(39)37(28-15-9-6-10-16-28,29-17-11-7-12-18-29)30-19-13-8-14-20-30/h6-20,26-27,31-32H,21-25H2,1-5H3.